The monoisotopic (exact) mass is 235 g/mol. The lowest BCUT2D eigenvalue weighted by Gasteiger charge is -2.34. The fourth-order valence-corrected chi connectivity index (χ4v) is 2.02. The van der Waals surface area contributed by atoms with E-state index in [-0.39, 0.29) is 6.54 Å². The lowest BCUT2D eigenvalue weighted by molar-refractivity contribution is -0.138. The van der Waals surface area contributed by atoms with Crippen LogP contribution in [-0.2, 0) is 4.79 Å². The molecule has 2 heterocycles. The van der Waals surface area contributed by atoms with Crippen molar-refractivity contribution < 1.29 is 9.90 Å². The zero-order valence-electron chi connectivity index (χ0n) is 9.96. The second-order valence-corrected chi connectivity index (χ2v) is 4.35. The quantitative estimate of drug-likeness (QED) is 0.831. The fourth-order valence-electron chi connectivity index (χ4n) is 2.02. The van der Waals surface area contributed by atoms with Gasteiger partial charge in [0.15, 0.2) is 0 Å². The van der Waals surface area contributed by atoms with Gasteiger partial charge in [0.1, 0.15) is 5.82 Å². The predicted octanol–water partition coefficient (Wildman–Crippen LogP) is 0.597. The number of hydrogen-bond acceptors (Lipinski definition) is 4. The van der Waals surface area contributed by atoms with Crippen molar-refractivity contribution in [3.8, 4) is 0 Å². The Kier molecular flexibility index (Phi) is 3.58. The second-order valence-electron chi connectivity index (χ2n) is 4.35. The molecule has 1 aliphatic rings. The van der Waals surface area contributed by atoms with E-state index in [0.717, 1.165) is 32.0 Å². The average Bonchev–Trinajstić information content (AvgIpc) is 2.29. The van der Waals surface area contributed by atoms with Crippen molar-refractivity contribution in [3.63, 3.8) is 0 Å². The number of nitrogens with zero attached hydrogens (tertiary/aromatic N) is 3. The highest BCUT2D eigenvalue weighted by Gasteiger charge is 2.19. The molecule has 92 valence electrons. The Morgan fingerprint density at radius 3 is 2.71 bits per heavy atom. The smallest absolute Gasteiger partial charge is 0.317 e. The molecule has 1 aliphatic heterocycles. The molecule has 1 aromatic rings. The van der Waals surface area contributed by atoms with E-state index in [0.29, 0.717) is 0 Å². The number of carboxylic acid groups (broad SMARTS) is 1. The maximum absolute atomic E-state index is 10.6. The molecule has 5 heteroatoms. The first-order valence-corrected chi connectivity index (χ1v) is 5.77. The Bertz CT molecular complexity index is 400. The molecule has 2 rings (SSSR count). The first kappa shape index (κ1) is 11.9. The maximum Gasteiger partial charge on any atom is 0.317 e. The molecule has 0 atom stereocenters. The van der Waals surface area contributed by atoms with Gasteiger partial charge in [-0.25, -0.2) is 4.98 Å². The van der Waals surface area contributed by atoms with Crippen molar-refractivity contribution in [2.45, 2.75) is 6.92 Å². The molecule has 1 aromatic heterocycles. The minimum atomic E-state index is -0.757. The lowest BCUT2D eigenvalue weighted by Crippen LogP contribution is -2.48. The van der Waals surface area contributed by atoms with Gasteiger partial charge in [0.2, 0.25) is 0 Å². The molecule has 0 saturated carbocycles. The van der Waals surface area contributed by atoms with Crippen LogP contribution < -0.4 is 4.90 Å². The van der Waals surface area contributed by atoms with Gasteiger partial charge >= 0.3 is 5.97 Å². The van der Waals surface area contributed by atoms with Crippen LogP contribution >= 0.6 is 0 Å². The van der Waals surface area contributed by atoms with Gasteiger partial charge in [-0.2, -0.15) is 0 Å². The number of hydrogen-bond donors (Lipinski definition) is 1. The number of anilines is 1. The maximum atomic E-state index is 10.6. The van der Waals surface area contributed by atoms with Gasteiger partial charge in [0.25, 0.3) is 0 Å². The summed E-state index contributed by atoms with van der Waals surface area (Å²) in [6.07, 6.45) is 1.81. The van der Waals surface area contributed by atoms with E-state index >= 15 is 0 Å². The van der Waals surface area contributed by atoms with Gasteiger partial charge in [-0.05, 0) is 24.6 Å². The Labute approximate surface area is 101 Å². The summed E-state index contributed by atoms with van der Waals surface area (Å²) in [7, 11) is 0. The Balaban J connectivity index is 1.93. The van der Waals surface area contributed by atoms with E-state index in [4.69, 9.17) is 5.11 Å². The van der Waals surface area contributed by atoms with Crippen LogP contribution in [0.25, 0.3) is 0 Å². The van der Waals surface area contributed by atoms with E-state index in [1.807, 2.05) is 24.1 Å². The molecule has 0 spiro atoms. The molecule has 0 bridgehead atoms. The highest BCUT2D eigenvalue weighted by Crippen LogP contribution is 2.14. The molecule has 0 aromatic carbocycles. The molecule has 1 N–H and O–H groups in total. The third kappa shape index (κ3) is 3.17. The molecule has 17 heavy (non-hydrogen) atoms. The van der Waals surface area contributed by atoms with Crippen LogP contribution in [0.15, 0.2) is 18.3 Å². The van der Waals surface area contributed by atoms with Gasteiger partial charge in [-0.15, -0.1) is 0 Å². The predicted molar refractivity (Wildman–Crippen MR) is 65.3 cm³/mol. The third-order valence-corrected chi connectivity index (χ3v) is 2.96. The van der Waals surface area contributed by atoms with Crippen LogP contribution in [0, 0.1) is 6.92 Å². The number of pyridine rings is 1. The minimum Gasteiger partial charge on any atom is -0.480 e. The van der Waals surface area contributed by atoms with Gasteiger partial charge in [-0.3, -0.25) is 9.69 Å². The summed E-state index contributed by atoms with van der Waals surface area (Å²) >= 11 is 0. The SMILES string of the molecule is Cc1ccnc(N2CCN(CC(=O)O)CC2)c1. The summed E-state index contributed by atoms with van der Waals surface area (Å²) in [6, 6.07) is 4.04. The van der Waals surface area contributed by atoms with Crippen LogP contribution in [-0.4, -0.2) is 53.7 Å². The molecular formula is C12H17N3O2. The molecule has 1 fully saturated rings. The topological polar surface area (TPSA) is 56.7 Å². The summed E-state index contributed by atoms with van der Waals surface area (Å²) in [4.78, 5) is 19.1. The van der Waals surface area contributed by atoms with Gasteiger partial charge < -0.3 is 10.0 Å². The van der Waals surface area contributed by atoms with E-state index in [2.05, 4.69) is 16.0 Å². The van der Waals surface area contributed by atoms with Crippen LogP contribution in [0.4, 0.5) is 5.82 Å². The van der Waals surface area contributed by atoms with Crippen LogP contribution in [0.3, 0.4) is 0 Å². The van der Waals surface area contributed by atoms with Crippen LogP contribution in [0.2, 0.25) is 0 Å². The fraction of sp³-hybridized carbons (Fsp3) is 0.500. The summed E-state index contributed by atoms with van der Waals surface area (Å²) in [5, 5.41) is 8.72. The van der Waals surface area contributed by atoms with E-state index in [1.54, 1.807) is 0 Å². The van der Waals surface area contributed by atoms with Crippen molar-refractivity contribution in [2.75, 3.05) is 37.6 Å². The van der Waals surface area contributed by atoms with Gasteiger partial charge in [0.05, 0.1) is 6.54 Å². The zero-order valence-corrected chi connectivity index (χ0v) is 9.96. The Morgan fingerprint density at radius 1 is 1.41 bits per heavy atom. The van der Waals surface area contributed by atoms with E-state index in [1.165, 1.54) is 5.56 Å². The number of rotatable bonds is 3. The van der Waals surface area contributed by atoms with Crippen molar-refractivity contribution >= 4 is 11.8 Å². The van der Waals surface area contributed by atoms with E-state index in [9.17, 15) is 4.79 Å². The second kappa shape index (κ2) is 5.14. The van der Waals surface area contributed by atoms with E-state index < -0.39 is 5.97 Å². The number of aromatic nitrogens is 1. The lowest BCUT2D eigenvalue weighted by atomic mass is 10.2. The number of carbonyl (C=O) groups is 1. The largest absolute Gasteiger partial charge is 0.480 e. The van der Waals surface area contributed by atoms with Gasteiger partial charge in [0, 0.05) is 32.4 Å². The standard InChI is InChI=1S/C12H17N3O2/c1-10-2-3-13-11(8-10)15-6-4-14(5-7-15)9-12(16)17/h2-3,8H,4-7,9H2,1H3,(H,16,17). The number of aryl methyl sites for hydroxylation is 1. The summed E-state index contributed by atoms with van der Waals surface area (Å²) in [6.45, 7) is 5.41. The summed E-state index contributed by atoms with van der Waals surface area (Å²) in [5.41, 5.74) is 1.20. The van der Waals surface area contributed by atoms with Crippen molar-refractivity contribution in [3.05, 3.63) is 23.9 Å². The van der Waals surface area contributed by atoms with Crippen molar-refractivity contribution in [2.24, 2.45) is 0 Å². The molecule has 0 amide bonds. The molecule has 0 aliphatic carbocycles. The molecular weight excluding hydrogens is 218 g/mol. The number of aliphatic carboxylic acids is 1. The molecule has 5 nitrogen and oxygen atoms in total. The zero-order chi connectivity index (χ0) is 12.3. The average molecular weight is 235 g/mol. The molecule has 0 unspecified atom stereocenters. The number of carboxylic acids is 1. The first-order valence-electron chi connectivity index (χ1n) is 5.77. The minimum absolute atomic E-state index is 0.134. The van der Waals surface area contributed by atoms with Crippen LogP contribution in [0.5, 0.6) is 0 Å². The van der Waals surface area contributed by atoms with Crippen LogP contribution in [0.1, 0.15) is 5.56 Å². The number of piperazine rings is 1. The summed E-state index contributed by atoms with van der Waals surface area (Å²) < 4.78 is 0. The Morgan fingerprint density at radius 2 is 2.12 bits per heavy atom. The first-order chi connectivity index (χ1) is 8.15. The van der Waals surface area contributed by atoms with Crippen molar-refractivity contribution in [1.82, 2.24) is 9.88 Å². The highest BCUT2D eigenvalue weighted by atomic mass is 16.4. The third-order valence-electron chi connectivity index (χ3n) is 2.96. The molecule has 1 saturated heterocycles. The Hall–Kier alpha value is -1.62. The van der Waals surface area contributed by atoms with Crippen molar-refractivity contribution in [1.29, 1.82) is 0 Å². The summed E-state index contributed by atoms with van der Waals surface area (Å²) in [5.74, 6) is 0.229. The molecule has 0 radical (unpaired) electrons. The highest BCUT2D eigenvalue weighted by molar-refractivity contribution is 5.69. The normalized spacial score (nSPS) is 17.1. The van der Waals surface area contributed by atoms with Gasteiger partial charge in [-0.1, -0.05) is 0 Å².